The molecule has 3 atom stereocenters. The van der Waals surface area contributed by atoms with Crippen molar-refractivity contribution < 1.29 is 0 Å². The van der Waals surface area contributed by atoms with Gasteiger partial charge in [0.25, 0.3) is 0 Å². The molecule has 2 fully saturated rings. The summed E-state index contributed by atoms with van der Waals surface area (Å²) >= 11 is 0. The normalized spacial score (nSPS) is 45.0. The van der Waals surface area contributed by atoms with Crippen LogP contribution in [0.5, 0.6) is 0 Å². The lowest BCUT2D eigenvalue weighted by molar-refractivity contribution is 0.0544. The molecule has 0 spiro atoms. The Balaban J connectivity index is 2.21. The van der Waals surface area contributed by atoms with E-state index in [4.69, 9.17) is 0 Å². The molecule has 3 unspecified atom stereocenters. The second kappa shape index (κ2) is 2.96. The number of rotatable bonds is 2. The fourth-order valence-electron chi connectivity index (χ4n) is 3.88. The van der Waals surface area contributed by atoms with Gasteiger partial charge < -0.3 is 0 Å². The van der Waals surface area contributed by atoms with E-state index in [-0.39, 0.29) is 0 Å². The third-order valence-electron chi connectivity index (χ3n) is 4.66. The van der Waals surface area contributed by atoms with Crippen LogP contribution in [0.4, 0.5) is 0 Å². The maximum atomic E-state index is 3.64. The lowest BCUT2D eigenvalue weighted by Crippen LogP contribution is -2.54. The molecule has 2 aliphatic rings. The predicted octanol–water partition coefficient (Wildman–Crippen LogP) is 2.27. The van der Waals surface area contributed by atoms with Crippen LogP contribution in [-0.2, 0) is 0 Å². The minimum absolute atomic E-state index is 0.470. The molecular formula is C12H24N2. The molecule has 2 aliphatic carbocycles. The number of fused-ring (bicyclic) bond motifs is 2. The first-order valence-corrected chi connectivity index (χ1v) is 5.80. The van der Waals surface area contributed by atoms with Gasteiger partial charge in [-0.2, -0.15) is 0 Å². The van der Waals surface area contributed by atoms with Crippen LogP contribution < -0.4 is 5.43 Å². The van der Waals surface area contributed by atoms with Crippen molar-refractivity contribution in [2.75, 3.05) is 14.1 Å². The molecular weight excluding hydrogens is 172 g/mol. The number of hydrazine groups is 1. The first-order chi connectivity index (χ1) is 6.36. The van der Waals surface area contributed by atoms with Crippen LogP contribution in [0.2, 0.25) is 0 Å². The van der Waals surface area contributed by atoms with E-state index in [1.54, 1.807) is 0 Å². The summed E-state index contributed by atoms with van der Waals surface area (Å²) in [5.74, 6) is 0.935. The van der Waals surface area contributed by atoms with Crippen LogP contribution in [0.3, 0.4) is 0 Å². The zero-order valence-electron chi connectivity index (χ0n) is 10.2. The Labute approximate surface area is 88.0 Å². The van der Waals surface area contributed by atoms with Gasteiger partial charge in [0.2, 0.25) is 0 Å². The van der Waals surface area contributed by atoms with Gasteiger partial charge in [0.1, 0.15) is 0 Å². The minimum atomic E-state index is 0.470. The van der Waals surface area contributed by atoms with Gasteiger partial charge in [-0.1, -0.05) is 20.8 Å². The quantitative estimate of drug-likeness (QED) is 0.682. The predicted molar refractivity (Wildman–Crippen MR) is 59.8 cm³/mol. The van der Waals surface area contributed by atoms with Crippen molar-refractivity contribution in [2.24, 2.45) is 16.7 Å². The second-order valence-electron chi connectivity index (χ2n) is 6.37. The highest BCUT2D eigenvalue weighted by atomic mass is 15.5. The van der Waals surface area contributed by atoms with Gasteiger partial charge in [0.15, 0.2) is 0 Å². The molecule has 0 aromatic heterocycles. The molecule has 2 saturated carbocycles. The highest BCUT2D eigenvalue weighted by molar-refractivity contribution is 5.11. The molecule has 0 amide bonds. The summed E-state index contributed by atoms with van der Waals surface area (Å²) in [7, 11) is 4.21. The maximum absolute atomic E-state index is 3.64. The fourth-order valence-corrected chi connectivity index (χ4v) is 3.88. The van der Waals surface area contributed by atoms with E-state index in [0.717, 1.165) is 5.92 Å². The smallest absolute Gasteiger partial charge is 0.0322 e. The molecule has 2 nitrogen and oxygen atoms in total. The van der Waals surface area contributed by atoms with Crippen LogP contribution in [0.15, 0.2) is 0 Å². The van der Waals surface area contributed by atoms with Crippen LogP contribution in [-0.4, -0.2) is 25.1 Å². The molecule has 2 bridgehead atoms. The van der Waals surface area contributed by atoms with Crippen molar-refractivity contribution in [3.63, 3.8) is 0 Å². The third-order valence-corrected chi connectivity index (χ3v) is 4.66. The van der Waals surface area contributed by atoms with E-state index in [1.807, 2.05) is 0 Å². The molecule has 82 valence electrons. The second-order valence-corrected chi connectivity index (χ2v) is 6.37. The monoisotopic (exact) mass is 196 g/mol. The molecule has 1 N–H and O–H groups in total. The third kappa shape index (κ3) is 1.31. The first kappa shape index (κ1) is 10.4. The van der Waals surface area contributed by atoms with Crippen molar-refractivity contribution in [1.82, 2.24) is 10.4 Å². The highest BCUT2D eigenvalue weighted by Crippen LogP contribution is 2.62. The van der Waals surface area contributed by atoms with E-state index in [9.17, 15) is 0 Å². The van der Waals surface area contributed by atoms with Crippen LogP contribution in [0.25, 0.3) is 0 Å². The number of nitrogens with zero attached hydrogens (tertiary/aromatic N) is 1. The lowest BCUT2D eigenvalue weighted by Gasteiger charge is -2.44. The van der Waals surface area contributed by atoms with E-state index in [2.05, 4.69) is 45.3 Å². The van der Waals surface area contributed by atoms with Gasteiger partial charge in [-0.25, -0.2) is 0 Å². The molecule has 2 heteroatoms. The summed E-state index contributed by atoms with van der Waals surface area (Å²) in [5, 5.41) is 2.12. The fraction of sp³-hybridized carbons (Fsp3) is 1.00. The SMILES string of the molecule is CN(C)NC1C2(C)CCC(C2)C1(C)C. The van der Waals surface area contributed by atoms with Crippen molar-refractivity contribution in [2.45, 2.75) is 46.1 Å². The Bertz CT molecular complexity index is 230. The van der Waals surface area contributed by atoms with E-state index in [1.165, 1.54) is 19.3 Å². The Hall–Kier alpha value is -0.0800. The van der Waals surface area contributed by atoms with Crippen LogP contribution in [0, 0.1) is 16.7 Å². The topological polar surface area (TPSA) is 15.3 Å². The van der Waals surface area contributed by atoms with Gasteiger partial charge >= 0.3 is 0 Å². The van der Waals surface area contributed by atoms with Crippen molar-refractivity contribution in [3.05, 3.63) is 0 Å². The number of hydrogen-bond donors (Lipinski definition) is 1. The molecule has 14 heavy (non-hydrogen) atoms. The summed E-state index contributed by atoms with van der Waals surface area (Å²) in [6.07, 6.45) is 4.27. The van der Waals surface area contributed by atoms with Gasteiger partial charge in [0.05, 0.1) is 0 Å². The van der Waals surface area contributed by atoms with Gasteiger partial charge in [-0.15, -0.1) is 0 Å². The largest absolute Gasteiger partial charge is 0.252 e. The van der Waals surface area contributed by atoms with Gasteiger partial charge in [-0.05, 0) is 36.0 Å². The average molecular weight is 196 g/mol. The summed E-state index contributed by atoms with van der Waals surface area (Å²) in [6, 6.07) is 0.656. The molecule has 2 rings (SSSR count). The van der Waals surface area contributed by atoms with E-state index < -0.39 is 0 Å². The lowest BCUT2D eigenvalue weighted by atomic mass is 9.69. The Kier molecular flexibility index (Phi) is 2.20. The van der Waals surface area contributed by atoms with Crippen molar-refractivity contribution >= 4 is 0 Å². The zero-order valence-corrected chi connectivity index (χ0v) is 10.2. The van der Waals surface area contributed by atoms with Crippen molar-refractivity contribution in [1.29, 1.82) is 0 Å². The first-order valence-electron chi connectivity index (χ1n) is 5.80. The Morgan fingerprint density at radius 1 is 1.21 bits per heavy atom. The van der Waals surface area contributed by atoms with Gasteiger partial charge in [-0.3, -0.25) is 10.4 Å². The van der Waals surface area contributed by atoms with Crippen LogP contribution >= 0.6 is 0 Å². The molecule has 0 heterocycles. The molecule has 0 aliphatic heterocycles. The van der Waals surface area contributed by atoms with E-state index >= 15 is 0 Å². The number of nitrogens with one attached hydrogen (secondary N) is 1. The standard InChI is InChI=1S/C12H24N2/c1-11(2)9-6-7-12(3,8-9)10(11)13-14(4)5/h9-10,13H,6-8H2,1-5H3. The molecule has 0 saturated heterocycles. The number of hydrogen-bond acceptors (Lipinski definition) is 2. The minimum Gasteiger partial charge on any atom is -0.252 e. The van der Waals surface area contributed by atoms with Gasteiger partial charge in [0, 0.05) is 20.1 Å². The molecule has 0 aromatic rings. The summed E-state index contributed by atoms with van der Waals surface area (Å²) in [6.45, 7) is 7.33. The molecule has 0 radical (unpaired) electrons. The summed E-state index contributed by atoms with van der Waals surface area (Å²) in [4.78, 5) is 0. The maximum Gasteiger partial charge on any atom is 0.0322 e. The summed E-state index contributed by atoms with van der Waals surface area (Å²) < 4.78 is 0. The van der Waals surface area contributed by atoms with Crippen molar-refractivity contribution in [3.8, 4) is 0 Å². The zero-order chi connectivity index (χ0) is 10.6. The highest BCUT2D eigenvalue weighted by Gasteiger charge is 2.59. The Morgan fingerprint density at radius 3 is 2.29 bits per heavy atom. The molecule has 0 aromatic carbocycles. The van der Waals surface area contributed by atoms with Crippen LogP contribution in [0.1, 0.15) is 40.0 Å². The average Bonchev–Trinajstić information content (AvgIpc) is 2.49. The Morgan fingerprint density at radius 2 is 1.86 bits per heavy atom. The summed E-state index contributed by atoms with van der Waals surface area (Å²) in [5.41, 5.74) is 4.65. The van der Waals surface area contributed by atoms with E-state index in [0.29, 0.717) is 16.9 Å².